The van der Waals surface area contributed by atoms with Crippen molar-refractivity contribution < 1.29 is 19.7 Å². The SMILES string of the molecule is CCC.CCC(C)C.CCC(C)N(CC(C)C)CC(C)O.CCC(C)OCC(C)C.CCCC.CCCN(CCC)CCO.CCCOCCC. The van der Waals surface area contributed by atoms with Gasteiger partial charge in [-0.3, -0.25) is 4.90 Å². The molecule has 0 bridgehead atoms. The Morgan fingerprint density at radius 1 is 0.510 bits per heavy atom. The minimum absolute atomic E-state index is 0.215. The molecule has 0 aromatic heterocycles. The van der Waals surface area contributed by atoms with E-state index < -0.39 is 0 Å². The van der Waals surface area contributed by atoms with Crippen LogP contribution in [0.2, 0.25) is 0 Å². The highest BCUT2D eigenvalue weighted by atomic mass is 16.5. The van der Waals surface area contributed by atoms with Crippen LogP contribution in [0.1, 0.15) is 203 Å². The van der Waals surface area contributed by atoms with Gasteiger partial charge in [0.2, 0.25) is 0 Å². The fourth-order valence-corrected chi connectivity index (χ4v) is 3.48. The fraction of sp³-hybridized carbons (Fsp3) is 1.00. The second-order valence-corrected chi connectivity index (χ2v) is 15.1. The van der Waals surface area contributed by atoms with Crippen molar-refractivity contribution in [2.24, 2.45) is 17.8 Å². The zero-order valence-corrected chi connectivity index (χ0v) is 39.5. The van der Waals surface area contributed by atoms with Gasteiger partial charge in [0.15, 0.2) is 0 Å². The molecule has 0 rings (SSSR count). The maximum Gasteiger partial charge on any atom is 0.0639 e. The molecular formula is C45H106N2O4. The third kappa shape index (κ3) is 84.0. The molecule has 0 fully saturated rings. The van der Waals surface area contributed by atoms with Crippen LogP contribution in [-0.4, -0.2) is 97.4 Å². The maximum atomic E-state index is 9.34. The molecule has 0 aliphatic rings. The van der Waals surface area contributed by atoms with E-state index in [1.807, 2.05) is 6.92 Å². The van der Waals surface area contributed by atoms with Crippen LogP contribution >= 0.6 is 0 Å². The van der Waals surface area contributed by atoms with Crippen molar-refractivity contribution in [3.63, 3.8) is 0 Å². The first-order chi connectivity index (χ1) is 24.0. The van der Waals surface area contributed by atoms with Crippen molar-refractivity contribution in [1.29, 1.82) is 0 Å². The van der Waals surface area contributed by atoms with Crippen molar-refractivity contribution in [3.05, 3.63) is 0 Å². The van der Waals surface area contributed by atoms with Gasteiger partial charge in [0.25, 0.3) is 0 Å². The van der Waals surface area contributed by atoms with Crippen LogP contribution in [-0.2, 0) is 9.47 Å². The molecule has 0 aromatic carbocycles. The molecule has 51 heavy (non-hydrogen) atoms. The number of hydrogen-bond donors (Lipinski definition) is 2. The number of aliphatic hydroxyl groups excluding tert-OH is 2. The number of hydrogen-bond acceptors (Lipinski definition) is 6. The highest BCUT2D eigenvalue weighted by Crippen LogP contribution is 2.08. The molecule has 0 saturated carbocycles. The summed E-state index contributed by atoms with van der Waals surface area (Å²) in [6.45, 7) is 51.1. The lowest BCUT2D eigenvalue weighted by molar-refractivity contribution is 0.0455. The Hall–Kier alpha value is -0.240. The molecular weight excluding hydrogens is 633 g/mol. The molecule has 320 valence electrons. The van der Waals surface area contributed by atoms with Crippen molar-refractivity contribution in [2.45, 2.75) is 221 Å². The standard InChI is InChI=1S/C11H25NO.C8H19NO.C8H18O.C6H14O.C5H12.C4H10.C3H8/c1-6-10(4)12(7-9(2)3)8-11(5)13;1-3-5-9(6-4-2)7-8-10;1-5-8(4)9-6-7(2)3;1-3-5-7-6-4-2;1-4-5(2)3;1-3-4-2;1-3-2/h9-11,13H,6-8H2,1-5H3;10H,3-8H2,1-2H3;7-8H,5-6H2,1-4H3;3-6H2,1-2H3;5H,4H2,1-3H3;3-4H2,1-2H3;3H2,1-2H3. The second kappa shape index (κ2) is 59.1. The predicted molar refractivity (Wildman–Crippen MR) is 236 cm³/mol. The number of rotatable bonds is 22. The Kier molecular flexibility index (Phi) is 76.0. The largest absolute Gasteiger partial charge is 0.395 e. The molecule has 6 nitrogen and oxygen atoms in total. The molecule has 2 N–H and O–H groups in total. The first-order valence-electron chi connectivity index (χ1n) is 21.9. The lowest BCUT2D eigenvalue weighted by Crippen LogP contribution is -2.40. The van der Waals surface area contributed by atoms with Crippen molar-refractivity contribution in [1.82, 2.24) is 9.80 Å². The molecule has 0 spiro atoms. The number of aliphatic hydroxyl groups is 2. The van der Waals surface area contributed by atoms with Crippen molar-refractivity contribution >= 4 is 0 Å². The van der Waals surface area contributed by atoms with Crippen LogP contribution in [0.3, 0.4) is 0 Å². The van der Waals surface area contributed by atoms with E-state index in [9.17, 15) is 5.11 Å². The molecule has 0 saturated heterocycles. The first-order valence-corrected chi connectivity index (χ1v) is 21.9. The van der Waals surface area contributed by atoms with E-state index in [0.29, 0.717) is 30.6 Å². The van der Waals surface area contributed by atoms with Gasteiger partial charge in [-0.15, -0.1) is 0 Å². The summed E-state index contributed by atoms with van der Waals surface area (Å²) in [5.74, 6) is 2.22. The quantitative estimate of drug-likeness (QED) is 0.108. The third-order valence-electron chi connectivity index (χ3n) is 7.11. The molecule has 0 amide bonds. The Balaban J connectivity index is -0.0000000928. The van der Waals surface area contributed by atoms with Crippen molar-refractivity contribution in [3.8, 4) is 0 Å². The van der Waals surface area contributed by atoms with Gasteiger partial charge in [0, 0.05) is 45.5 Å². The minimum atomic E-state index is -0.215. The Morgan fingerprint density at radius 3 is 1.18 bits per heavy atom. The summed E-state index contributed by atoms with van der Waals surface area (Å²) >= 11 is 0. The van der Waals surface area contributed by atoms with Gasteiger partial charge < -0.3 is 24.6 Å². The van der Waals surface area contributed by atoms with Crippen molar-refractivity contribution in [2.75, 3.05) is 59.2 Å². The van der Waals surface area contributed by atoms with Gasteiger partial charge in [-0.1, -0.05) is 143 Å². The van der Waals surface area contributed by atoms with Gasteiger partial charge in [0.1, 0.15) is 0 Å². The normalized spacial score (nSPS) is 12.1. The molecule has 3 unspecified atom stereocenters. The van der Waals surface area contributed by atoms with Crippen LogP contribution in [0.4, 0.5) is 0 Å². The highest BCUT2D eigenvalue weighted by molar-refractivity contribution is 4.69. The Morgan fingerprint density at radius 2 is 0.941 bits per heavy atom. The molecule has 0 aromatic rings. The van der Waals surface area contributed by atoms with E-state index in [1.54, 1.807) is 0 Å². The van der Waals surface area contributed by atoms with Crippen LogP contribution in [0.15, 0.2) is 0 Å². The number of ether oxygens (including phenoxy) is 2. The molecule has 0 aliphatic carbocycles. The van der Waals surface area contributed by atoms with Crippen LogP contribution < -0.4 is 0 Å². The molecule has 0 radical (unpaired) electrons. The average Bonchev–Trinajstić information content (AvgIpc) is 3.08. The summed E-state index contributed by atoms with van der Waals surface area (Å²) in [5.41, 5.74) is 0. The van der Waals surface area contributed by atoms with Gasteiger partial charge in [-0.2, -0.15) is 0 Å². The summed E-state index contributed by atoms with van der Waals surface area (Å²) < 4.78 is 10.6. The van der Waals surface area contributed by atoms with E-state index in [-0.39, 0.29) is 6.10 Å². The zero-order chi connectivity index (χ0) is 41.5. The highest BCUT2D eigenvalue weighted by Gasteiger charge is 2.15. The summed E-state index contributed by atoms with van der Waals surface area (Å²) in [5, 5.41) is 18.0. The molecule has 0 heterocycles. The van der Waals surface area contributed by atoms with Gasteiger partial charge >= 0.3 is 0 Å². The second-order valence-electron chi connectivity index (χ2n) is 15.1. The minimum Gasteiger partial charge on any atom is -0.395 e. The van der Waals surface area contributed by atoms with Crippen LogP contribution in [0.25, 0.3) is 0 Å². The lowest BCUT2D eigenvalue weighted by atomic mass is 10.1. The summed E-state index contributed by atoms with van der Waals surface area (Å²) in [4.78, 5) is 4.66. The van der Waals surface area contributed by atoms with E-state index in [4.69, 9.17) is 14.6 Å². The molecule has 6 heteroatoms. The maximum absolute atomic E-state index is 9.34. The van der Waals surface area contributed by atoms with Gasteiger partial charge in [-0.05, 0) is 90.1 Å². The van der Waals surface area contributed by atoms with E-state index >= 15 is 0 Å². The average molecular weight is 739 g/mol. The monoisotopic (exact) mass is 739 g/mol. The van der Waals surface area contributed by atoms with Gasteiger partial charge in [0.05, 0.1) is 18.8 Å². The van der Waals surface area contributed by atoms with Gasteiger partial charge in [-0.25, -0.2) is 0 Å². The number of unbranched alkanes of at least 4 members (excludes halogenated alkanes) is 1. The van der Waals surface area contributed by atoms with E-state index in [0.717, 1.165) is 84.1 Å². The summed E-state index contributed by atoms with van der Waals surface area (Å²) in [7, 11) is 0. The zero-order valence-electron chi connectivity index (χ0n) is 39.5. The molecule has 0 aliphatic heterocycles. The smallest absolute Gasteiger partial charge is 0.0639 e. The van der Waals surface area contributed by atoms with E-state index in [1.165, 1.54) is 38.5 Å². The summed E-state index contributed by atoms with van der Waals surface area (Å²) in [6, 6.07) is 0.581. The first kappa shape index (κ1) is 65.6. The number of nitrogens with zero attached hydrogens (tertiary/aromatic N) is 2. The molecule has 3 atom stereocenters. The third-order valence-corrected chi connectivity index (χ3v) is 7.11. The topological polar surface area (TPSA) is 65.4 Å². The predicted octanol–water partition coefficient (Wildman–Crippen LogP) is 12.8. The summed E-state index contributed by atoms with van der Waals surface area (Å²) in [6.07, 6.45) is 12.3. The van der Waals surface area contributed by atoms with Crippen LogP contribution in [0.5, 0.6) is 0 Å². The fourth-order valence-electron chi connectivity index (χ4n) is 3.48. The Labute approximate surface area is 326 Å². The van der Waals surface area contributed by atoms with E-state index in [2.05, 4.69) is 141 Å². The van der Waals surface area contributed by atoms with Crippen LogP contribution in [0, 0.1) is 17.8 Å². The Bertz CT molecular complexity index is 488. The lowest BCUT2D eigenvalue weighted by Gasteiger charge is -2.30.